The molecule has 5 nitrogen and oxygen atoms in total. The molecule has 0 aliphatic heterocycles. The van der Waals surface area contributed by atoms with Crippen molar-refractivity contribution in [2.45, 2.75) is 38.8 Å². The highest BCUT2D eigenvalue weighted by molar-refractivity contribution is 7.16. The number of hydrogen-bond donors (Lipinski definition) is 1. The first-order valence-electron chi connectivity index (χ1n) is 6.44. The van der Waals surface area contributed by atoms with Crippen molar-refractivity contribution < 1.29 is 13.2 Å². The third-order valence-corrected chi connectivity index (χ3v) is 4.16. The van der Waals surface area contributed by atoms with Crippen LogP contribution < -0.4 is 5.73 Å². The molecule has 0 aliphatic rings. The number of fused-ring (bicyclic) bond motifs is 1. The standard InChI is InChI=1S/C11H16F3N5S/c1-2-7(5-6-15)3-4-8-18-19-9(11(12,13)14)16-17-10(19)20-8/h7H,2-6,15H2,1H3. The average Bonchev–Trinajstić information content (AvgIpc) is 2.92. The van der Waals surface area contributed by atoms with Crippen LogP contribution in [0, 0.1) is 5.92 Å². The number of rotatable bonds is 6. The molecule has 9 heteroatoms. The van der Waals surface area contributed by atoms with Gasteiger partial charge in [-0.25, -0.2) is 0 Å². The summed E-state index contributed by atoms with van der Waals surface area (Å²) < 4.78 is 38.8. The zero-order chi connectivity index (χ0) is 14.8. The molecule has 0 bridgehead atoms. The van der Waals surface area contributed by atoms with E-state index in [0.29, 0.717) is 23.9 Å². The van der Waals surface area contributed by atoms with Crippen LogP contribution in [0.4, 0.5) is 13.2 Å². The van der Waals surface area contributed by atoms with Gasteiger partial charge in [0.2, 0.25) is 4.96 Å². The second kappa shape index (κ2) is 6.04. The molecular formula is C11H16F3N5S. The van der Waals surface area contributed by atoms with Gasteiger partial charge in [0.05, 0.1) is 0 Å². The number of nitrogens with two attached hydrogens (primary N) is 1. The fraction of sp³-hybridized carbons (Fsp3) is 0.727. The molecule has 0 aromatic carbocycles. The van der Waals surface area contributed by atoms with Crippen molar-refractivity contribution in [2.75, 3.05) is 6.54 Å². The highest BCUT2D eigenvalue weighted by Gasteiger charge is 2.38. The van der Waals surface area contributed by atoms with E-state index in [1.165, 1.54) is 0 Å². The second-order valence-corrected chi connectivity index (χ2v) is 5.64. The van der Waals surface area contributed by atoms with E-state index in [9.17, 15) is 13.2 Å². The van der Waals surface area contributed by atoms with Gasteiger partial charge in [-0.05, 0) is 25.3 Å². The van der Waals surface area contributed by atoms with Crippen molar-refractivity contribution in [3.8, 4) is 0 Å². The maximum atomic E-state index is 12.7. The van der Waals surface area contributed by atoms with Crippen molar-refractivity contribution in [2.24, 2.45) is 11.7 Å². The number of aromatic nitrogens is 4. The quantitative estimate of drug-likeness (QED) is 0.890. The summed E-state index contributed by atoms with van der Waals surface area (Å²) >= 11 is 1.15. The summed E-state index contributed by atoms with van der Waals surface area (Å²) in [5.74, 6) is -0.583. The van der Waals surface area contributed by atoms with Gasteiger partial charge >= 0.3 is 6.18 Å². The van der Waals surface area contributed by atoms with E-state index in [4.69, 9.17) is 5.73 Å². The van der Waals surface area contributed by atoms with Crippen molar-refractivity contribution in [3.05, 3.63) is 10.8 Å². The highest BCUT2D eigenvalue weighted by Crippen LogP contribution is 2.29. The molecule has 20 heavy (non-hydrogen) atoms. The maximum absolute atomic E-state index is 12.7. The van der Waals surface area contributed by atoms with Crippen LogP contribution in [0.1, 0.15) is 37.0 Å². The first-order chi connectivity index (χ1) is 9.45. The predicted molar refractivity (Wildman–Crippen MR) is 69.4 cm³/mol. The number of nitrogens with zero attached hydrogens (tertiary/aromatic N) is 4. The van der Waals surface area contributed by atoms with Crippen LogP contribution in [-0.4, -0.2) is 26.4 Å². The fourth-order valence-electron chi connectivity index (χ4n) is 2.05. The SMILES string of the molecule is CCC(CCN)CCc1nn2c(C(F)(F)F)nnc2s1. The topological polar surface area (TPSA) is 69.1 Å². The van der Waals surface area contributed by atoms with Gasteiger partial charge in [0.25, 0.3) is 5.82 Å². The Morgan fingerprint density at radius 1 is 1.30 bits per heavy atom. The van der Waals surface area contributed by atoms with Crippen molar-refractivity contribution in [1.29, 1.82) is 0 Å². The van der Waals surface area contributed by atoms with Crippen LogP contribution in [0.3, 0.4) is 0 Å². The third kappa shape index (κ3) is 3.26. The molecule has 2 rings (SSSR count). The Kier molecular flexibility index (Phi) is 4.59. The Morgan fingerprint density at radius 2 is 2.05 bits per heavy atom. The summed E-state index contributed by atoms with van der Waals surface area (Å²) in [6, 6.07) is 0. The summed E-state index contributed by atoms with van der Waals surface area (Å²) in [4.78, 5) is 0.180. The molecule has 1 atom stereocenters. The molecular weight excluding hydrogens is 291 g/mol. The normalized spacial score (nSPS) is 14.1. The number of hydrogen-bond acceptors (Lipinski definition) is 5. The van der Waals surface area contributed by atoms with Crippen LogP contribution in [-0.2, 0) is 12.6 Å². The first-order valence-corrected chi connectivity index (χ1v) is 7.25. The lowest BCUT2D eigenvalue weighted by atomic mass is 9.97. The summed E-state index contributed by atoms with van der Waals surface area (Å²) in [5, 5.41) is 11.3. The van der Waals surface area contributed by atoms with E-state index < -0.39 is 12.0 Å². The third-order valence-electron chi connectivity index (χ3n) is 3.20. The zero-order valence-corrected chi connectivity index (χ0v) is 11.8. The minimum atomic E-state index is -4.53. The van der Waals surface area contributed by atoms with Crippen molar-refractivity contribution in [1.82, 2.24) is 19.8 Å². The van der Waals surface area contributed by atoms with E-state index in [0.717, 1.165) is 35.1 Å². The lowest BCUT2D eigenvalue weighted by molar-refractivity contribution is -0.146. The van der Waals surface area contributed by atoms with E-state index >= 15 is 0 Å². The van der Waals surface area contributed by atoms with Gasteiger partial charge in [0.15, 0.2) is 0 Å². The van der Waals surface area contributed by atoms with Crippen LogP contribution in [0.15, 0.2) is 0 Å². The van der Waals surface area contributed by atoms with Crippen molar-refractivity contribution >= 4 is 16.3 Å². The predicted octanol–water partition coefficient (Wildman–Crippen LogP) is 2.51. The maximum Gasteiger partial charge on any atom is 0.453 e. The fourth-order valence-corrected chi connectivity index (χ4v) is 2.90. The van der Waals surface area contributed by atoms with Gasteiger partial charge in [-0.1, -0.05) is 24.7 Å². The monoisotopic (exact) mass is 307 g/mol. The number of halogens is 3. The molecule has 0 radical (unpaired) electrons. The van der Waals surface area contributed by atoms with Crippen molar-refractivity contribution in [3.63, 3.8) is 0 Å². The Balaban J connectivity index is 2.11. The molecule has 0 aliphatic carbocycles. The lowest BCUT2D eigenvalue weighted by Gasteiger charge is -2.11. The molecule has 2 aromatic heterocycles. The van der Waals surface area contributed by atoms with E-state index in [1.54, 1.807) is 0 Å². The molecule has 0 saturated heterocycles. The van der Waals surface area contributed by atoms with E-state index in [2.05, 4.69) is 22.2 Å². The van der Waals surface area contributed by atoms with Crippen LogP contribution in [0.5, 0.6) is 0 Å². The number of alkyl halides is 3. The second-order valence-electron chi connectivity index (χ2n) is 4.60. The molecule has 2 N–H and O–H groups in total. The van der Waals surface area contributed by atoms with E-state index in [1.807, 2.05) is 0 Å². The molecule has 0 spiro atoms. The minimum absolute atomic E-state index is 0.180. The van der Waals surface area contributed by atoms with Gasteiger partial charge in [-0.3, -0.25) is 0 Å². The summed E-state index contributed by atoms with van der Waals surface area (Å²) in [6.45, 7) is 2.71. The molecule has 2 aromatic rings. The smallest absolute Gasteiger partial charge is 0.330 e. The highest BCUT2D eigenvalue weighted by atomic mass is 32.1. The van der Waals surface area contributed by atoms with E-state index in [-0.39, 0.29) is 4.96 Å². The molecule has 112 valence electrons. The van der Waals surface area contributed by atoms with Gasteiger partial charge in [-0.15, -0.1) is 10.2 Å². The van der Waals surface area contributed by atoms with Crippen LogP contribution in [0.2, 0.25) is 0 Å². The lowest BCUT2D eigenvalue weighted by Crippen LogP contribution is -2.12. The Morgan fingerprint density at radius 3 is 2.65 bits per heavy atom. The Bertz CT molecular complexity index is 562. The number of aryl methyl sites for hydroxylation is 1. The van der Waals surface area contributed by atoms with Gasteiger partial charge < -0.3 is 5.73 Å². The molecule has 1 unspecified atom stereocenters. The van der Waals surface area contributed by atoms with Crippen LogP contribution >= 0.6 is 11.3 Å². The summed E-state index contributed by atoms with van der Waals surface area (Å²) in [7, 11) is 0. The minimum Gasteiger partial charge on any atom is -0.330 e. The summed E-state index contributed by atoms with van der Waals surface area (Å²) in [6.07, 6.45) is -1.08. The molecule has 0 saturated carbocycles. The average molecular weight is 307 g/mol. The zero-order valence-electron chi connectivity index (χ0n) is 11.0. The molecule has 0 fully saturated rings. The first kappa shape index (κ1) is 15.2. The Hall–Kier alpha value is -1.22. The summed E-state index contributed by atoms with van der Waals surface area (Å²) in [5.41, 5.74) is 5.53. The molecule has 2 heterocycles. The largest absolute Gasteiger partial charge is 0.453 e. The van der Waals surface area contributed by atoms with Gasteiger partial charge in [0.1, 0.15) is 5.01 Å². The van der Waals surface area contributed by atoms with Gasteiger partial charge in [-0.2, -0.15) is 22.8 Å². The van der Waals surface area contributed by atoms with Gasteiger partial charge in [0, 0.05) is 6.42 Å². The van der Waals surface area contributed by atoms with Crippen LogP contribution in [0.25, 0.3) is 4.96 Å². The Labute approximate surface area is 118 Å². The molecule has 0 amide bonds.